The summed E-state index contributed by atoms with van der Waals surface area (Å²) in [7, 11) is 1.87. The molecule has 0 bridgehead atoms. The molecule has 4 heteroatoms. The molecule has 1 amide bonds. The molecule has 0 radical (unpaired) electrons. The molecule has 18 heavy (non-hydrogen) atoms. The van der Waals surface area contributed by atoms with E-state index in [1.54, 1.807) is 0 Å². The van der Waals surface area contributed by atoms with E-state index in [0.29, 0.717) is 0 Å². The van der Waals surface area contributed by atoms with Crippen LogP contribution in [0.2, 0.25) is 5.02 Å². The number of halogens is 1. The molecule has 2 aliphatic rings. The molecule has 0 unspecified atom stereocenters. The summed E-state index contributed by atoms with van der Waals surface area (Å²) in [4.78, 5) is 14.4. The van der Waals surface area contributed by atoms with E-state index >= 15 is 0 Å². The van der Waals surface area contributed by atoms with E-state index in [2.05, 4.69) is 0 Å². The number of hydrogen-bond donors (Lipinski definition) is 1. The van der Waals surface area contributed by atoms with Crippen LogP contribution in [0.25, 0.3) is 0 Å². The zero-order valence-corrected chi connectivity index (χ0v) is 11.2. The number of likely N-dealkylation sites (N-methyl/N-ethyl adjacent to an activating group) is 1. The van der Waals surface area contributed by atoms with Gasteiger partial charge in [0.25, 0.3) is 0 Å². The van der Waals surface area contributed by atoms with E-state index in [1.807, 2.05) is 30.1 Å². The van der Waals surface area contributed by atoms with Crippen LogP contribution in [-0.2, 0) is 16.6 Å². The van der Waals surface area contributed by atoms with Crippen LogP contribution in [0.15, 0.2) is 18.2 Å². The Morgan fingerprint density at radius 2 is 2.17 bits per heavy atom. The predicted molar refractivity (Wildman–Crippen MR) is 71.7 cm³/mol. The summed E-state index contributed by atoms with van der Waals surface area (Å²) in [5.74, 6) is 0.199. The molecule has 1 fully saturated rings. The number of hydrogen-bond acceptors (Lipinski definition) is 2. The molecule has 1 saturated carbocycles. The maximum atomic E-state index is 12.6. The van der Waals surface area contributed by atoms with Crippen molar-refractivity contribution in [3.8, 4) is 0 Å². The molecule has 3 nitrogen and oxygen atoms in total. The highest BCUT2D eigenvalue weighted by atomic mass is 35.5. The highest BCUT2D eigenvalue weighted by Gasteiger charge is 2.53. The first-order chi connectivity index (χ1) is 8.54. The van der Waals surface area contributed by atoms with Crippen molar-refractivity contribution in [2.45, 2.75) is 30.7 Å². The highest BCUT2D eigenvalue weighted by Crippen LogP contribution is 2.48. The van der Waals surface area contributed by atoms with Gasteiger partial charge in [-0.15, -0.1) is 0 Å². The number of fused-ring (bicyclic) bond motifs is 2. The van der Waals surface area contributed by atoms with Crippen molar-refractivity contribution in [2.75, 3.05) is 13.6 Å². The smallest absolute Gasteiger partial charge is 0.233 e. The Morgan fingerprint density at radius 3 is 2.83 bits per heavy atom. The van der Waals surface area contributed by atoms with E-state index in [4.69, 9.17) is 17.3 Å². The average molecular weight is 265 g/mol. The van der Waals surface area contributed by atoms with Crippen LogP contribution in [0.5, 0.6) is 0 Å². The number of nitrogens with zero attached hydrogens (tertiary/aromatic N) is 1. The minimum Gasteiger partial charge on any atom is -0.345 e. The van der Waals surface area contributed by atoms with Gasteiger partial charge in [0.2, 0.25) is 5.91 Å². The number of nitrogens with two attached hydrogens (primary N) is 1. The number of carbonyl (C=O) groups excluding carboxylic acids is 1. The lowest BCUT2D eigenvalue weighted by Gasteiger charge is -2.46. The molecule has 1 aliphatic heterocycles. The number of carbonyl (C=O) groups is 1. The summed E-state index contributed by atoms with van der Waals surface area (Å²) in [6.07, 6.45) is 2.31. The predicted octanol–water partition coefficient (Wildman–Crippen LogP) is 1.71. The Hall–Kier alpha value is -1.06. The van der Waals surface area contributed by atoms with Crippen LogP contribution < -0.4 is 5.73 Å². The van der Waals surface area contributed by atoms with Gasteiger partial charge in [-0.3, -0.25) is 4.79 Å². The Bertz CT molecular complexity index is 509. The molecule has 3 rings (SSSR count). The maximum absolute atomic E-state index is 12.6. The Labute approximate surface area is 112 Å². The molecule has 0 atom stereocenters. The molecule has 1 aliphatic carbocycles. The summed E-state index contributed by atoms with van der Waals surface area (Å²) in [6.45, 7) is 0.729. The monoisotopic (exact) mass is 264 g/mol. The van der Waals surface area contributed by atoms with Crippen molar-refractivity contribution >= 4 is 17.5 Å². The van der Waals surface area contributed by atoms with E-state index in [9.17, 15) is 4.79 Å². The van der Waals surface area contributed by atoms with Gasteiger partial charge in [-0.1, -0.05) is 23.7 Å². The van der Waals surface area contributed by atoms with Crippen molar-refractivity contribution in [1.82, 2.24) is 4.90 Å². The van der Waals surface area contributed by atoms with Gasteiger partial charge in [0.05, 0.1) is 5.41 Å². The molecule has 96 valence electrons. The molecule has 2 N–H and O–H groups in total. The average Bonchev–Trinajstić information content (AvgIpc) is 2.41. The fourth-order valence-corrected chi connectivity index (χ4v) is 3.62. The van der Waals surface area contributed by atoms with Crippen molar-refractivity contribution in [3.63, 3.8) is 0 Å². The van der Waals surface area contributed by atoms with Gasteiger partial charge < -0.3 is 10.6 Å². The number of rotatable bonds is 0. The molecule has 1 aromatic carbocycles. The fraction of sp³-hybridized carbons (Fsp3) is 0.500. The minimum atomic E-state index is -0.412. The molecule has 1 spiro atoms. The van der Waals surface area contributed by atoms with Gasteiger partial charge in [-0.2, -0.15) is 0 Å². The normalized spacial score (nSPS) is 30.9. The first kappa shape index (κ1) is 12.0. The number of benzene rings is 1. The van der Waals surface area contributed by atoms with E-state index < -0.39 is 5.41 Å². The highest BCUT2D eigenvalue weighted by molar-refractivity contribution is 6.31. The number of amides is 1. The second-order valence-electron chi connectivity index (χ2n) is 5.49. The topological polar surface area (TPSA) is 46.3 Å². The van der Waals surface area contributed by atoms with Crippen LogP contribution in [0.3, 0.4) is 0 Å². The first-order valence-electron chi connectivity index (χ1n) is 6.33. The van der Waals surface area contributed by atoms with E-state index in [1.165, 1.54) is 0 Å². The molecule has 1 heterocycles. The van der Waals surface area contributed by atoms with Gasteiger partial charge in [0, 0.05) is 24.7 Å². The van der Waals surface area contributed by atoms with Gasteiger partial charge in [0.1, 0.15) is 0 Å². The van der Waals surface area contributed by atoms with E-state index in [-0.39, 0.29) is 11.9 Å². The fourth-order valence-electron chi connectivity index (χ4n) is 3.35. The lowest BCUT2D eigenvalue weighted by molar-refractivity contribution is -0.139. The maximum Gasteiger partial charge on any atom is 0.233 e. The first-order valence-corrected chi connectivity index (χ1v) is 6.71. The molecular formula is C14H17ClN2O. The Kier molecular flexibility index (Phi) is 2.65. The van der Waals surface area contributed by atoms with Crippen molar-refractivity contribution in [1.29, 1.82) is 0 Å². The largest absolute Gasteiger partial charge is 0.345 e. The van der Waals surface area contributed by atoms with Crippen LogP contribution in [0.1, 0.15) is 24.0 Å². The van der Waals surface area contributed by atoms with Crippen molar-refractivity contribution in [3.05, 3.63) is 34.3 Å². The van der Waals surface area contributed by atoms with Crippen molar-refractivity contribution < 1.29 is 4.79 Å². The SMILES string of the molecule is CN1CCc2c(Cl)cccc2[C@]2(C[C@H](N)C2)C1=O. The molecule has 0 saturated heterocycles. The standard InChI is InChI=1S/C14H17ClN2O/c1-17-6-5-10-11(3-2-4-12(10)15)14(13(17)18)7-9(16)8-14/h2-4,9H,5-8,16H2,1H3/t9-,14+. The zero-order valence-electron chi connectivity index (χ0n) is 10.4. The summed E-state index contributed by atoms with van der Waals surface area (Å²) in [6, 6.07) is 6.02. The molecule has 0 aromatic heterocycles. The Balaban J connectivity index is 2.17. The van der Waals surface area contributed by atoms with Crippen LogP contribution in [0, 0.1) is 0 Å². The van der Waals surface area contributed by atoms with Gasteiger partial charge in [-0.05, 0) is 36.5 Å². The quantitative estimate of drug-likeness (QED) is 0.776. The second-order valence-corrected chi connectivity index (χ2v) is 5.90. The van der Waals surface area contributed by atoms with Crippen molar-refractivity contribution in [2.24, 2.45) is 5.73 Å². The molecule has 1 aromatic rings. The lowest BCUT2D eigenvalue weighted by atomic mass is 9.60. The summed E-state index contributed by atoms with van der Waals surface area (Å²) >= 11 is 6.29. The van der Waals surface area contributed by atoms with E-state index in [0.717, 1.165) is 42.0 Å². The third-order valence-electron chi connectivity index (χ3n) is 4.31. The summed E-state index contributed by atoms with van der Waals surface area (Å²) in [5, 5.41) is 0.774. The summed E-state index contributed by atoms with van der Waals surface area (Å²) in [5.41, 5.74) is 7.75. The Morgan fingerprint density at radius 1 is 1.44 bits per heavy atom. The zero-order chi connectivity index (χ0) is 12.9. The van der Waals surface area contributed by atoms with Gasteiger partial charge >= 0.3 is 0 Å². The van der Waals surface area contributed by atoms with Crippen LogP contribution in [-0.4, -0.2) is 30.4 Å². The second kappa shape index (κ2) is 3.97. The lowest BCUT2D eigenvalue weighted by Crippen LogP contribution is -2.57. The van der Waals surface area contributed by atoms with Crippen LogP contribution in [0.4, 0.5) is 0 Å². The summed E-state index contributed by atoms with van der Waals surface area (Å²) < 4.78 is 0. The third-order valence-corrected chi connectivity index (χ3v) is 4.66. The molecular weight excluding hydrogens is 248 g/mol. The van der Waals surface area contributed by atoms with Gasteiger partial charge in [-0.25, -0.2) is 0 Å². The van der Waals surface area contributed by atoms with Crippen LogP contribution >= 0.6 is 11.6 Å². The van der Waals surface area contributed by atoms with Gasteiger partial charge in [0.15, 0.2) is 0 Å². The third kappa shape index (κ3) is 1.50. The minimum absolute atomic E-state index is 0.132.